The molecule has 0 aliphatic rings. The Balaban J connectivity index is 1.90. The molecule has 0 bridgehead atoms. The summed E-state index contributed by atoms with van der Waals surface area (Å²) < 4.78 is 40.2. The van der Waals surface area contributed by atoms with Gasteiger partial charge in [-0.15, -0.1) is 0 Å². The molecule has 1 unspecified atom stereocenters. The molecule has 3 aromatic rings. The average Bonchev–Trinajstić information content (AvgIpc) is 3.23. The van der Waals surface area contributed by atoms with E-state index in [1.165, 1.54) is 30.5 Å². The number of aliphatic hydroxyl groups is 1. The zero-order valence-electron chi connectivity index (χ0n) is 16.0. The normalized spacial score (nSPS) is 13.2. The van der Waals surface area contributed by atoms with Gasteiger partial charge in [0.15, 0.2) is 11.5 Å². The second-order valence-corrected chi connectivity index (χ2v) is 6.44. The van der Waals surface area contributed by atoms with Crippen LogP contribution in [0.15, 0.2) is 55.1 Å². The van der Waals surface area contributed by atoms with Gasteiger partial charge in [-0.1, -0.05) is 18.2 Å². The number of ether oxygens (including phenoxy) is 2. The van der Waals surface area contributed by atoms with Gasteiger partial charge in [-0.3, -0.25) is 4.79 Å². The minimum absolute atomic E-state index is 0.149. The molecule has 1 aromatic heterocycles. The first kappa shape index (κ1) is 21.1. The number of carbonyl (C=O) groups is 1. The summed E-state index contributed by atoms with van der Waals surface area (Å²) in [6.45, 7) is -0.562. The van der Waals surface area contributed by atoms with Crippen molar-refractivity contribution in [2.75, 3.05) is 13.7 Å². The molecule has 0 saturated carbocycles. The van der Waals surface area contributed by atoms with Crippen molar-refractivity contribution in [3.63, 3.8) is 0 Å². The van der Waals surface area contributed by atoms with E-state index in [4.69, 9.17) is 9.47 Å². The van der Waals surface area contributed by atoms with Crippen LogP contribution in [0.2, 0.25) is 0 Å². The Bertz CT molecular complexity index is 1040. The van der Waals surface area contributed by atoms with Crippen molar-refractivity contribution in [1.29, 1.82) is 0 Å². The van der Waals surface area contributed by atoms with Crippen LogP contribution in [0.3, 0.4) is 0 Å². The van der Waals surface area contributed by atoms with Crippen molar-refractivity contribution in [3.8, 4) is 11.5 Å². The van der Waals surface area contributed by atoms with Gasteiger partial charge in [-0.25, -0.2) is 18.4 Å². The van der Waals surface area contributed by atoms with Crippen LogP contribution in [0, 0.1) is 11.6 Å². The highest BCUT2D eigenvalue weighted by Crippen LogP contribution is 2.32. The summed E-state index contributed by atoms with van der Waals surface area (Å²) in [5.41, 5.74) is -1.33. The lowest BCUT2D eigenvalue weighted by molar-refractivity contribution is -0.104. The molecule has 0 aliphatic heterocycles. The van der Waals surface area contributed by atoms with Crippen molar-refractivity contribution in [3.05, 3.63) is 77.9 Å². The number of benzene rings is 2. The predicted molar refractivity (Wildman–Crippen MR) is 104 cm³/mol. The molecule has 7 nitrogen and oxygen atoms in total. The molecule has 30 heavy (non-hydrogen) atoms. The van der Waals surface area contributed by atoms with Gasteiger partial charge in [0.05, 0.1) is 13.7 Å². The summed E-state index contributed by atoms with van der Waals surface area (Å²) in [6, 6.07) is 7.84. The van der Waals surface area contributed by atoms with Crippen molar-refractivity contribution >= 4 is 12.4 Å². The summed E-state index contributed by atoms with van der Waals surface area (Å²) in [6.07, 6.45) is 6.22. The maximum absolute atomic E-state index is 14.5. The van der Waals surface area contributed by atoms with Crippen LogP contribution in [-0.4, -0.2) is 39.9 Å². The van der Waals surface area contributed by atoms with Gasteiger partial charge in [0.1, 0.15) is 42.8 Å². The van der Waals surface area contributed by atoms with E-state index in [1.54, 1.807) is 24.3 Å². The molecule has 9 heteroatoms. The van der Waals surface area contributed by atoms with Crippen LogP contribution in [-0.2, 0) is 16.9 Å². The van der Waals surface area contributed by atoms with E-state index in [0.717, 1.165) is 12.1 Å². The monoisotopic (exact) mass is 415 g/mol. The Morgan fingerprint density at radius 1 is 1.20 bits per heavy atom. The van der Waals surface area contributed by atoms with Gasteiger partial charge < -0.3 is 14.6 Å². The maximum Gasteiger partial charge on any atom is 0.161 e. The number of aromatic nitrogens is 3. The fourth-order valence-corrected chi connectivity index (χ4v) is 2.91. The van der Waals surface area contributed by atoms with Gasteiger partial charge in [0.2, 0.25) is 0 Å². The number of methoxy groups -OCH3 is 1. The molecule has 1 N–H and O–H groups in total. The minimum Gasteiger partial charge on any atom is -0.493 e. The van der Waals surface area contributed by atoms with Crippen LogP contribution in [0.5, 0.6) is 11.5 Å². The number of rotatable bonds is 9. The summed E-state index contributed by atoms with van der Waals surface area (Å²) in [5, 5.41) is 15.2. The third-order valence-electron chi connectivity index (χ3n) is 4.34. The van der Waals surface area contributed by atoms with Crippen molar-refractivity contribution in [2.45, 2.75) is 12.1 Å². The third kappa shape index (κ3) is 4.87. The van der Waals surface area contributed by atoms with Gasteiger partial charge in [-0.2, -0.15) is 5.10 Å². The molecule has 0 spiro atoms. The standard InChI is InChI=1S/C21H19F2N3O4/c1-29-20-9-15(3-2-8-27)4-7-19(20)30-12-21(28,11-26-14-24-13-25-26)17-6-5-16(22)10-18(17)23/h2-10,13-14,28H,11-12H2,1H3/b3-2+. The van der Waals surface area contributed by atoms with Crippen LogP contribution in [0.25, 0.3) is 6.08 Å². The number of aldehydes is 1. The molecule has 156 valence electrons. The number of halogens is 2. The zero-order valence-corrected chi connectivity index (χ0v) is 16.0. The average molecular weight is 415 g/mol. The first-order valence-corrected chi connectivity index (χ1v) is 8.88. The number of nitrogens with zero attached hydrogens (tertiary/aromatic N) is 3. The lowest BCUT2D eigenvalue weighted by atomic mass is 9.94. The second-order valence-electron chi connectivity index (χ2n) is 6.44. The molecule has 0 radical (unpaired) electrons. The smallest absolute Gasteiger partial charge is 0.161 e. The van der Waals surface area contributed by atoms with E-state index in [9.17, 15) is 18.7 Å². The van der Waals surface area contributed by atoms with Gasteiger partial charge in [-0.05, 0) is 29.8 Å². The van der Waals surface area contributed by atoms with E-state index >= 15 is 0 Å². The van der Waals surface area contributed by atoms with E-state index < -0.39 is 17.2 Å². The molecule has 0 aliphatic carbocycles. The summed E-state index contributed by atoms with van der Waals surface area (Å²) in [4.78, 5) is 14.3. The largest absolute Gasteiger partial charge is 0.493 e. The van der Waals surface area contributed by atoms with Gasteiger partial charge in [0, 0.05) is 11.6 Å². The quantitative estimate of drug-likeness (QED) is 0.427. The molecular formula is C21H19F2N3O4. The Labute approximate surface area is 171 Å². The highest BCUT2D eigenvalue weighted by molar-refractivity contribution is 5.74. The highest BCUT2D eigenvalue weighted by Gasteiger charge is 2.35. The van der Waals surface area contributed by atoms with Crippen LogP contribution < -0.4 is 9.47 Å². The number of hydrogen-bond acceptors (Lipinski definition) is 6. The molecule has 1 atom stereocenters. The van der Waals surface area contributed by atoms with Gasteiger partial charge >= 0.3 is 0 Å². The highest BCUT2D eigenvalue weighted by atomic mass is 19.1. The molecule has 0 amide bonds. The van der Waals surface area contributed by atoms with E-state index in [0.29, 0.717) is 29.4 Å². The number of allylic oxidation sites excluding steroid dienone is 1. The predicted octanol–water partition coefficient (Wildman–Crippen LogP) is 2.74. The lowest BCUT2D eigenvalue weighted by Crippen LogP contribution is -2.39. The summed E-state index contributed by atoms with van der Waals surface area (Å²) >= 11 is 0. The molecule has 0 saturated heterocycles. The van der Waals surface area contributed by atoms with E-state index in [1.807, 2.05) is 0 Å². The Morgan fingerprint density at radius 2 is 2.03 bits per heavy atom. The first-order valence-electron chi connectivity index (χ1n) is 8.88. The molecule has 0 fully saturated rings. The van der Waals surface area contributed by atoms with Crippen molar-refractivity contribution in [1.82, 2.24) is 14.8 Å². The van der Waals surface area contributed by atoms with Crippen molar-refractivity contribution < 1.29 is 28.2 Å². The molecule has 2 aromatic carbocycles. The fraction of sp³-hybridized carbons (Fsp3) is 0.190. The zero-order chi connectivity index (χ0) is 21.6. The Morgan fingerprint density at radius 3 is 2.70 bits per heavy atom. The van der Waals surface area contributed by atoms with Crippen LogP contribution >= 0.6 is 0 Å². The SMILES string of the molecule is COc1cc(/C=C/C=O)ccc1OCC(O)(Cn1cncn1)c1ccc(F)cc1F. The van der Waals surface area contributed by atoms with Crippen molar-refractivity contribution in [2.24, 2.45) is 0 Å². The maximum atomic E-state index is 14.5. The summed E-state index contributed by atoms with van der Waals surface area (Å²) in [7, 11) is 1.44. The van der Waals surface area contributed by atoms with Crippen LogP contribution in [0.1, 0.15) is 11.1 Å². The molecule has 1 heterocycles. The Kier molecular flexibility index (Phi) is 6.53. The molecule has 3 rings (SSSR count). The molecular weight excluding hydrogens is 396 g/mol. The van der Waals surface area contributed by atoms with E-state index in [-0.39, 0.29) is 18.7 Å². The minimum atomic E-state index is -1.88. The fourth-order valence-electron chi connectivity index (χ4n) is 2.91. The second kappa shape index (κ2) is 9.27. The third-order valence-corrected chi connectivity index (χ3v) is 4.34. The number of carbonyl (C=O) groups excluding carboxylic acids is 1. The first-order chi connectivity index (χ1) is 14.4. The Hall–Kier alpha value is -3.59. The summed E-state index contributed by atoms with van der Waals surface area (Å²) in [5.74, 6) is -1.03. The lowest BCUT2D eigenvalue weighted by Gasteiger charge is -2.29. The van der Waals surface area contributed by atoms with Gasteiger partial charge in [0.25, 0.3) is 0 Å². The van der Waals surface area contributed by atoms with E-state index in [2.05, 4.69) is 10.1 Å². The number of hydrogen-bond donors (Lipinski definition) is 1. The van der Waals surface area contributed by atoms with Crippen LogP contribution in [0.4, 0.5) is 8.78 Å². The topological polar surface area (TPSA) is 86.5 Å².